The summed E-state index contributed by atoms with van der Waals surface area (Å²) in [5, 5.41) is 2.62. The van der Waals surface area contributed by atoms with Crippen molar-refractivity contribution in [1.82, 2.24) is 0 Å². The lowest BCUT2D eigenvalue weighted by Crippen LogP contribution is -2.08. The topological polar surface area (TPSA) is 38.3 Å². The van der Waals surface area contributed by atoms with Crippen LogP contribution in [0.4, 0.5) is 5.69 Å². The van der Waals surface area contributed by atoms with E-state index in [1.165, 1.54) is 0 Å². The van der Waals surface area contributed by atoms with Gasteiger partial charge in [-0.3, -0.25) is 4.79 Å². The monoisotopic (exact) mass is 331 g/mol. The fourth-order valence-electron chi connectivity index (χ4n) is 0.924. The highest BCUT2D eigenvalue weighted by atomic mass is 79.9. The van der Waals surface area contributed by atoms with Crippen LogP contribution in [-0.4, -0.2) is 13.0 Å². The molecule has 0 unspecified atom stereocenters. The van der Waals surface area contributed by atoms with E-state index in [0.29, 0.717) is 11.4 Å². The highest BCUT2D eigenvalue weighted by Gasteiger charge is 2.04. The molecule has 0 saturated heterocycles. The Morgan fingerprint density at radius 1 is 1.53 bits per heavy atom. The lowest BCUT2D eigenvalue weighted by atomic mass is 10.3. The molecule has 0 saturated carbocycles. The first-order valence-corrected chi connectivity index (χ1v) is 5.52. The Balaban J connectivity index is 2.91. The van der Waals surface area contributed by atoms with Crippen molar-refractivity contribution in [2.24, 2.45) is 0 Å². The number of nitrogens with one attached hydrogen (secondary N) is 1. The van der Waals surface area contributed by atoms with Crippen molar-refractivity contribution in [3.05, 3.63) is 22.7 Å². The van der Waals surface area contributed by atoms with E-state index in [1.54, 1.807) is 25.3 Å². The number of carbonyl (C=O) groups excluding carboxylic acids is 1. The van der Waals surface area contributed by atoms with E-state index < -0.39 is 0 Å². The zero-order valence-corrected chi connectivity index (χ0v) is 11.0. The summed E-state index contributed by atoms with van der Waals surface area (Å²) >= 11 is 6.16. The lowest BCUT2D eigenvalue weighted by molar-refractivity contribution is -0.111. The van der Waals surface area contributed by atoms with Crippen molar-refractivity contribution < 1.29 is 9.53 Å². The average molecular weight is 333 g/mol. The van der Waals surface area contributed by atoms with Gasteiger partial charge in [-0.2, -0.15) is 0 Å². The number of halogens is 2. The van der Waals surface area contributed by atoms with Gasteiger partial charge >= 0.3 is 5.91 Å². The van der Waals surface area contributed by atoms with Crippen LogP contribution in [0.3, 0.4) is 0 Å². The van der Waals surface area contributed by atoms with Crippen molar-refractivity contribution in [2.45, 2.75) is 0 Å². The summed E-state index contributed by atoms with van der Waals surface area (Å²) in [4.78, 5) is 13.5. The zero-order valence-electron chi connectivity index (χ0n) is 7.80. The van der Waals surface area contributed by atoms with Gasteiger partial charge in [0.05, 0.1) is 12.8 Å². The normalized spacial score (nSPS) is 8.73. The molecule has 5 heteroatoms. The van der Waals surface area contributed by atoms with Crippen molar-refractivity contribution in [1.29, 1.82) is 0 Å². The minimum absolute atomic E-state index is 0.388. The summed E-state index contributed by atoms with van der Waals surface area (Å²) in [6, 6.07) is 5.28. The first kappa shape index (κ1) is 12.1. The van der Waals surface area contributed by atoms with Crippen LogP contribution in [0.25, 0.3) is 0 Å². The van der Waals surface area contributed by atoms with Gasteiger partial charge in [-0.1, -0.05) is 0 Å². The number of methoxy groups -OCH3 is 1. The molecule has 78 valence electrons. The third-order valence-electron chi connectivity index (χ3n) is 1.58. The predicted octanol–water partition coefficient (Wildman–Crippen LogP) is 2.75. The maximum Gasteiger partial charge on any atom is 0.301 e. The van der Waals surface area contributed by atoms with Gasteiger partial charge in [0.25, 0.3) is 0 Å². The Labute approximate surface area is 104 Å². The Kier molecular flexibility index (Phi) is 4.66. The Hall–Kier alpha value is -0.990. The van der Waals surface area contributed by atoms with Gasteiger partial charge < -0.3 is 10.1 Å². The Morgan fingerprint density at radius 2 is 2.27 bits per heavy atom. The van der Waals surface area contributed by atoms with Gasteiger partial charge in [-0.05, 0) is 32.9 Å². The molecule has 0 fully saturated rings. The van der Waals surface area contributed by atoms with Crippen LogP contribution < -0.4 is 10.1 Å². The number of rotatable bonds is 2. The van der Waals surface area contributed by atoms with Gasteiger partial charge in [0.2, 0.25) is 0 Å². The van der Waals surface area contributed by atoms with Gasteiger partial charge in [0.15, 0.2) is 0 Å². The predicted molar refractivity (Wildman–Crippen MR) is 66.0 cm³/mol. The maximum atomic E-state index is 11.2. The van der Waals surface area contributed by atoms with Gasteiger partial charge in [-0.15, -0.1) is 0 Å². The molecular weight excluding hydrogens is 326 g/mol. The first-order chi connectivity index (χ1) is 7.17. The fourth-order valence-corrected chi connectivity index (χ4v) is 1.45. The van der Waals surface area contributed by atoms with Crippen LogP contribution in [0.2, 0.25) is 0 Å². The van der Waals surface area contributed by atoms with Gasteiger partial charge in [0, 0.05) is 32.4 Å². The molecule has 15 heavy (non-hydrogen) atoms. The number of amides is 1. The second-order valence-electron chi connectivity index (χ2n) is 2.52. The van der Waals surface area contributed by atoms with E-state index in [2.05, 4.69) is 47.9 Å². The van der Waals surface area contributed by atoms with E-state index in [0.717, 1.165) is 4.47 Å². The third-order valence-corrected chi connectivity index (χ3v) is 2.47. The standard InChI is InChI=1S/C10H7Br2NO2/c1-15-7-2-3-8(12)9(6-7)13-10(14)4-5-11/h2-3,6H,1H3,(H,13,14). The largest absolute Gasteiger partial charge is 0.497 e. The maximum absolute atomic E-state index is 11.2. The molecule has 0 spiro atoms. The first-order valence-electron chi connectivity index (χ1n) is 3.93. The molecule has 0 atom stereocenters. The second kappa shape index (κ2) is 5.79. The second-order valence-corrected chi connectivity index (χ2v) is 3.77. The van der Waals surface area contributed by atoms with Gasteiger partial charge in [-0.25, -0.2) is 0 Å². The van der Waals surface area contributed by atoms with Crippen molar-refractivity contribution in [2.75, 3.05) is 12.4 Å². The zero-order chi connectivity index (χ0) is 11.3. The molecule has 0 aliphatic carbocycles. The summed E-state index contributed by atoms with van der Waals surface area (Å²) in [5.74, 6) is 2.59. The number of hydrogen-bond donors (Lipinski definition) is 1. The smallest absolute Gasteiger partial charge is 0.301 e. The Bertz CT molecular complexity index is 435. The van der Waals surface area contributed by atoms with E-state index in [1.807, 2.05) is 0 Å². The SMILES string of the molecule is COc1ccc(Br)c(NC(=O)C#CBr)c1. The molecule has 0 bridgehead atoms. The van der Waals surface area contributed by atoms with Crippen LogP contribution in [-0.2, 0) is 4.79 Å². The Morgan fingerprint density at radius 3 is 2.87 bits per heavy atom. The molecule has 0 aromatic heterocycles. The summed E-state index contributed by atoms with van der Waals surface area (Å²) in [6.07, 6.45) is 0. The van der Waals surface area contributed by atoms with Crippen LogP contribution >= 0.6 is 31.9 Å². The summed E-state index contributed by atoms with van der Waals surface area (Å²) in [7, 11) is 1.56. The van der Waals surface area contributed by atoms with Crippen LogP contribution in [0, 0.1) is 10.8 Å². The third kappa shape index (κ3) is 3.57. The molecule has 0 heterocycles. The quantitative estimate of drug-likeness (QED) is 0.846. The number of anilines is 1. The van der Waals surface area contributed by atoms with Crippen LogP contribution in [0.1, 0.15) is 0 Å². The molecule has 3 nitrogen and oxygen atoms in total. The van der Waals surface area contributed by atoms with E-state index in [4.69, 9.17) is 4.74 Å². The molecular formula is C10H7Br2NO2. The molecule has 1 rings (SSSR count). The van der Waals surface area contributed by atoms with E-state index in [-0.39, 0.29) is 5.91 Å². The molecule has 1 amide bonds. The minimum atomic E-state index is -0.388. The lowest BCUT2D eigenvalue weighted by Gasteiger charge is -2.06. The number of carbonyl (C=O) groups is 1. The molecule has 1 aromatic carbocycles. The summed E-state index contributed by atoms with van der Waals surface area (Å²) < 4.78 is 5.81. The van der Waals surface area contributed by atoms with Crippen molar-refractivity contribution >= 4 is 43.5 Å². The van der Waals surface area contributed by atoms with Crippen LogP contribution in [0.5, 0.6) is 5.75 Å². The number of benzene rings is 1. The van der Waals surface area contributed by atoms with Crippen LogP contribution in [0.15, 0.2) is 22.7 Å². The molecule has 0 aliphatic heterocycles. The van der Waals surface area contributed by atoms with Crippen molar-refractivity contribution in [3.63, 3.8) is 0 Å². The highest BCUT2D eigenvalue weighted by molar-refractivity contribution is 9.12. The summed E-state index contributed by atoms with van der Waals surface area (Å²) in [5.41, 5.74) is 0.620. The average Bonchev–Trinajstić information content (AvgIpc) is 2.21. The van der Waals surface area contributed by atoms with Crippen molar-refractivity contribution in [3.8, 4) is 16.5 Å². The summed E-state index contributed by atoms with van der Waals surface area (Å²) in [6.45, 7) is 0. The van der Waals surface area contributed by atoms with E-state index in [9.17, 15) is 4.79 Å². The molecule has 1 N–H and O–H groups in total. The minimum Gasteiger partial charge on any atom is -0.497 e. The molecule has 1 aromatic rings. The number of ether oxygens (including phenoxy) is 1. The molecule has 0 aliphatic rings. The van der Waals surface area contributed by atoms with E-state index >= 15 is 0 Å². The molecule has 0 radical (unpaired) electrons. The highest BCUT2D eigenvalue weighted by Crippen LogP contribution is 2.26. The van der Waals surface area contributed by atoms with Gasteiger partial charge in [0.1, 0.15) is 5.75 Å². The number of hydrogen-bond acceptors (Lipinski definition) is 2. The fraction of sp³-hybridized carbons (Fsp3) is 0.100.